The number of alkyl halides is 9. The van der Waals surface area contributed by atoms with E-state index in [0.29, 0.717) is 44.5 Å². The number of rotatable bonds is 4. The zero-order chi connectivity index (χ0) is 46.1. The number of aliphatic imine (C=N–C) groups is 2. The van der Waals surface area contributed by atoms with Crippen molar-refractivity contribution in [2.24, 2.45) is 9.98 Å². The molecule has 0 spiro atoms. The van der Waals surface area contributed by atoms with E-state index < -0.39 is 52.2 Å². The Balaban J connectivity index is 1.32. The lowest BCUT2D eigenvalue weighted by Gasteiger charge is -2.41. The van der Waals surface area contributed by atoms with Gasteiger partial charge in [0.1, 0.15) is 0 Å². The minimum atomic E-state index is -5.16. The highest BCUT2D eigenvalue weighted by molar-refractivity contribution is 5.99. The molecule has 13 heteroatoms. The summed E-state index contributed by atoms with van der Waals surface area (Å²) in [4.78, 5) is 8.90. The van der Waals surface area contributed by atoms with Gasteiger partial charge < -0.3 is 9.47 Å². The van der Waals surface area contributed by atoms with E-state index in [2.05, 4.69) is 9.98 Å². The molecular weight excluding hydrogens is 844 g/mol. The summed E-state index contributed by atoms with van der Waals surface area (Å²) in [5.74, 6) is -0.849. The number of fused-ring (bicyclic) bond motifs is 5. The summed E-state index contributed by atoms with van der Waals surface area (Å²) >= 11 is 0. The van der Waals surface area contributed by atoms with E-state index in [1.165, 1.54) is 31.2 Å². The Morgan fingerprint density at radius 2 is 0.969 bits per heavy atom. The summed E-state index contributed by atoms with van der Waals surface area (Å²) < 4.78 is 149. The van der Waals surface area contributed by atoms with Gasteiger partial charge in [-0.1, -0.05) is 90.5 Å². The van der Waals surface area contributed by atoms with E-state index >= 15 is 26.3 Å². The molecule has 6 aromatic rings. The second kappa shape index (κ2) is 14.1. The number of halogens is 9. The van der Waals surface area contributed by atoms with Crippen LogP contribution in [0.15, 0.2) is 119 Å². The molecule has 3 aliphatic rings. The molecule has 2 atom stereocenters. The van der Waals surface area contributed by atoms with Gasteiger partial charge in [0.2, 0.25) is 17.1 Å². The molecule has 9 rings (SSSR count). The van der Waals surface area contributed by atoms with Crippen LogP contribution in [0.4, 0.5) is 50.9 Å². The number of ether oxygens (including phenoxy) is 2. The molecular formula is C51H39F9N2O2. The van der Waals surface area contributed by atoms with Gasteiger partial charge in [-0.05, 0) is 127 Å². The van der Waals surface area contributed by atoms with Crippen molar-refractivity contribution in [2.45, 2.75) is 83.6 Å². The van der Waals surface area contributed by atoms with Crippen LogP contribution in [0.5, 0.6) is 0 Å². The van der Waals surface area contributed by atoms with Crippen molar-refractivity contribution in [1.29, 1.82) is 0 Å². The minimum Gasteiger partial charge on any atom is -0.460 e. The first-order valence-corrected chi connectivity index (χ1v) is 20.4. The van der Waals surface area contributed by atoms with Crippen LogP contribution < -0.4 is 0 Å². The molecule has 0 radical (unpaired) electrons. The first kappa shape index (κ1) is 42.9. The highest BCUT2D eigenvalue weighted by atomic mass is 19.4. The molecule has 4 nitrogen and oxygen atoms in total. The molecule has 1 aliphatic carbocycles. The van der Waals surface area contributed by atoms with Gasteiger partial charge in [-0.3, -0.25) is 0 Å². The minimum absolute atomic E-state index is 0.0688. The number of nitrogens with zero attached hydrogens (tertiary/aromatic N) is 2. The van der Waals surface area contributed by atoms with E-state index in [0.717, 1.165) is 25.5 Å². The molecule has 0 N–H and O–H groups in total. The number of benzene rings is 6. The van der Waals surface area contributed by atoms with Gasteiger partial charge in [0.15, 0.2) is 5.90 Å². The maximum Gasteiger partial charge on any atom is 0.432 e. The molecule has 6 aromatic carbocycles. The smallest absolute Gasteiger partial charge is 0.432 e. The molecule has 2 heterocycles. The van der Waals surface area contributed by atoms with Crippen molar-refractivity contribution in [3.63, 3.8) is 0 Å². The average Bonchev–Trinajstić information content (AvgIpc) is 3.51. The van der Waals surface area contributed by atoms with Crippen LogP contribution in [-0.4, -0.2) is 24.1 Å². The van der Waals surface area contributed by atoms with Crippen LogP contribution in [0.3, 0.4) is 0 Å². The van der Waals surface area contributed by atoms with E-state index in [1.807, 2.05) is 19.1 Å². The number of hydrogen-bond acceptors (Lipinski definition) is 4. The Kier molecular flexibility index (Phi) is 9.43. The molecule has 0 aromatic heterocycles. The Bertz CT molecular complexity index is 2970. The van der Waals surface area contributed by atoms with Crippen molar-refractivity contribution in [3.8, 4) is 22.3 Å². The second-order valence-electron chi connectivity index (χ2n) is 17.1. The summed E-state index contributed by atoms with van der Waals surface area (Å²) in [6.07, 6.45) is -15.0. The molecule has 2 aliphatic heterocycles. The van der Waals surface area contributed by atoms with Gasteiger partial charge in [0.05, 0.1) is 22.4 Å². The highest BCUT2D eigenvalue weighted by Crippen LogP contribution is 2.60. The molecule has 0 amide bonds. The normalized spacial score (nSPS) is 19.9. The van der Waals surface area contributed by atoms with Crippen LogP contribution >= 0.6 is 0 Å². The first-order valence-electron chi connectivity index (χ1n) is 20.4. The maximum atomic E-state index is 15.8. The quantitative estimate of drug-likeness (QED) is 0.165. The summed E-state index contributed by atoms with van der Waals surface area (Å²) in [6.45, 7) is 9.72. The predicted octanol–water partition coefficient (Wildman–Crippen LogP) is 14.7. The van der Waals surface area contributed by atoms with Gasteiger partial charge in [-0.25, -0.2) is 9.98 Å². The van der Waals surface area contributed by atoms with Crippen LogP contribution in [0.25, 0.3) is 22.3 Å². The summed E-state index contributed by atoms with van der Waals surface area (Å²) in [5, 5.41) is 0. The molecule has 0 saturated heterocycles. The van der Waals surface area contributed by atoms with E-state index in [9.17, 15) is 13.2 Å². The topological polar surface area (TPSA) is 43.2 Å². The van der Waals surface area contributed by atoms with Crippen LogP contribution in [0.2, 0.25) is 0 Å². The fourth-order valence-electron chi connectivity index (χ4n) is 9.75. The molecule has 64 heavy (non-hydrogen) atoms. The molecule has 328 valence electrons. The second-order valence-corrected chi connectivity index (χ2v) is 17.1. The lowest BCUT2D eigenvalue weighted by atomic mass is 9.65. The molecule has 0 bridgehead atoms. The van der Waals surface area contributed by atoms with E-state index in [-0.39, 0.29) is 45.1 Å². The molecule has 0 fully saturated rings. The fraction of sp³-hybridized carbons (Fsp3) is 0.255. The summed E-state index contributed by atoms with van der Waals surface area (Å²) in [6, 6.07) is 28.7. The monoisotopic (exact) mass is 882 g/mol. The van der Waals surface area contributed by atoms with E-state index in [4.69, 9.17) is 9.47 Å². The predicted molar refractivity (Wildman–Crippen MR) is 228 cm³/mol. The number of hydrogen-bond donors (Lipinski definition) is 0. The standard InChI is InChI=1S/C51H39F9N2O2/c1-26-16-18-34(27(2)20-26)37-19-17-31(23-40(37)49(52,53)54)45-62-44-29(4)22-33(25-42(44)47(7,64-45)51(58,59)60)48(38-14-10-8-12-35(38)36-13-9-11-15-39(36)48)32-21-28(3)43-41(24-32)46(6,50(55,56)57)63-30(5)61-43/h8-25H,1-7H3. The largest absolute Gasteiger partial charge is 0.460 e. The van der Waals surface area contributed by atoms with Crippen molar-refractivity contribution in [2.75, 3.05) is 0 Å². The fourth-order valence-corrected chi connectivity index (χ4v) is 9.75. The summed E-state index contributed by atoms with van der Waals surface area (Å²) in [5.41, 5.74) is -4.38. The van der Waals surface area contributed by atoms with Crippen LogP contribution in [-0.2, 0) is 32.3 Å². The van der Waals surface area contributed by atoms with Gasteiger partial charge in [-0.2, -0.15) is 39.5 Å². The third kappa shape index (κ3) is 6.20. The van der Waals surface area contributed by atoms with Crippen LogP contribution in [0, 0.1) is 27.7 Å². The Morgan fingerprint density at radius 1 is 0.469 bits per heavy atom. The first-order chi connectivity index (χ1) is 29.9. The number of aryl methyl sites for hydroxylation is 4. The van der Waals surface area contributed by atoms with Crippen molar-refractivity contribution < 1.29 is 49.0 Å². The van der Waals surface area contributed by atoms with Gasteiger partial charge in [-0.15, -0.1) is 0 Å². The van der Waals surface area contributed by atoms with Crippen LogP contribution in [0.1, 0.15) is 87.5 Å². The SMILES string of the molecule is CC1=Nc2c(C)cc(C3(c4cc(C)c5c(c4)C(C)(C(F)(F)F)OC(c4ccc(-c6ccc(C)cc6C)c(C(F)(F)F)c4)=N5)c4ccccc4-c4ccccc43)cc2C(C)(C(F)(F)F)O1. The van der Waals surface area contributed by atoms with Gasteiger partial charge in [0.25, 0.3) is 0 Å². The lowest BCUT2D eigenvalue weighted by Crippen LogP contribution is -2.46. The Morgan fingerprint density at radius 3 is 1.48 bits per heavy atom. The average molecular weight is 883 g/mol. The molecule has 2 unspecified atom stereocenters. The summed E-state index contributed by atoms with van der Waals surface area (Å²) in [7, 11) is 0. The Labute approximate surface area is 363 Å². The lowest BCUT2D eigenvalue weighted by molar-refractivity contribution is -0.253. The highest BCUT2D eigenvalue weighted by Gasteiger charge is 2.61. The zero-order valence-corrected chi connectivity index (χ0v) is 35.5. The van der Waals surface area contributed by atoms with Gasteiger partial charge >= 0.3 is 18.5 Å². The third-order valence-electron chi connectivity index (χ3n) is 12.9. The van der Waals surface area contributed by atoms with Crippen molar-refractivity contribution in [1.82, 2.24) is 0 Å². The third-order valence-corrected chi connectivity index (χ3v) is 12.9. The maximum absolute atomic E-state index is 15.8. The molecule has 0 saturated carbocycles. The van der Waals surface area contributed by atoms with Crippen molar-refractivity contribution >= 4 is 23.2 Å². The zero-order valence-electron chi connectivity index (χ0n) is 35.5. The van der Waals surface area contributed by atoms with Gasteiger partial charge in [0, 0.05) is 23.6 Å². The van der Waals surface area contributed by atoms with E-state index in [1.54, 1.807) is 87.5 Å². The van der Waals surface area contributed by atoms with Crippen molar-refractivity contribution in [3.05, 3.63) is 176 Å². The Hall–Kier alpha value is -6.37.